The lowest BCUT2D eigenvalue weighted by Gasteiger charge is -2.07. The third-order valence-corrected chi connectivity index (χ3v) is 2.68. The Kier molecular flexibility index (Phi) is 7.09. The number of halogens is 4. The molecule has 0 amide bonds. The quantitative estimate of drug-likeness (QED) is 0.447. The minimum absolute atomic E-state index is 0.860. The average Bonchev–Trinajstić information content (AvgIpc) is 2.45. The molecule has 21 heavy (non-hydrogen) atoms. The molecule has 0 saturated heterocycles. The van der Waals surface area contributed by atoms with E-state index in [2.05, 4.69) is 67.2 Å². The number of rotatable bonds is 3. The molecular weight excluding hydrogens is 299 g/mol. The van der Waals surface area contributed by atoms with Crippen molar-refractivity contribution in [3.63, 3.8) is 0 Å². The third kappa shape index (κ3) is 7.61. The summed E-state index contributed by atoms with van der Waals surface area (Å²) in [5, 5.41) is 0. The zero-order valence-electron chi connectivity index (χ0n) is 11.1. The standard InChI is InChI=1S/C15H14S.BF4/c16-12-11-15(13-7-3-1-4-8-13)14-9-5-2-6-10-14;2-1(3,4)5/h1-11,16H,12H2;/q;-1/p+1. The van der Waals surface area contributed by atoms with Gasteiger partial charge in [0.05, 0.1) is 0 Å². The van der Waals surface area contributed by atoms with Gasteiger partial charge < -0.3 is 17.3 Å². The van der Waals surface area contributed by atoms with Crippen molar-refractivity contribution in [2.45, 2.75) is 0 Å². The molecule has 2 aromatic carbocycles. The van der Waals surface area contributed by atoms with Crippen LogP contribution in [0.1, 0.15) is 11.1 Å². The summed E-state index contributed by atoms with van der Waals surface area (Å²) in [6.45, 7) is 0. The van der Waals surface area contributed by atoms with E-state index in [9.17, 15) is 17.3 Å². The van der Waals surface area contributed by atoms with Crippen LogP contribution in [0.25, 0.3) is 5.57 Å². The maximum absolute atomic E-state index is 9.75. The van der Waals surface area contributed by atoms with E-state index in [1.807, 2.05) is 12.1 Å². The van der Waals surface area contributed by atoms with Gasteiger partial charge in [-0.3, -0.25) is 0 Å². The second kappa shape index (κ2) is 8.57. The Hall–Kier alpha value is -1.69. The summed E-state index contributed by atoms with van der Waals surface area (Å²) < 4.78 is 39.0. The lowest BCUT2D eigenvalue weighted by Crippen LogP contribution is -2.02. The molecule has 0 unspecified atom stereocenters. The molecule has 0 saturated carbocycles. The van der Waals surface area contributed by atoms with Crippen LogP contribution in [-0.2, 0) is 12.6 Å². The molecule has 0 spiro atoms. The Morgan fingerprint density at radius 2 is 1.14 bits per heavy atom. The van der Waals surface area contributed by atoms with Crippen molar-refractivity contribution in [2.24, 2.45) is 0 Å². The molecule has 0 fully saturated rings. The molecule has 0 N–H and O–H groups in total. The highest BCUT2D eigenvalue weighted by molar-refractivity contribution is 7.58. The van der Waals surface area contributed by atoms with E-state index in [1.54, 1.807) is 0 Å². The predicted octanol–water partition coefficient (Wildman–Crippen LogP) is 4.43. The fraction of sp³-hybridized carbons (Fsp3) is 0.0667. The first-order valence-electron chi connectivity index (χ1n) is 6.24. The molecule has 0 radical (unpaired) electrons. The Morgan fingerprint density at radius 1 is 0.810 bits per heavy atom. The van der Waals surface area contributed by atoms with Gasteiger partial charge in [0.15, 0.2) is 0 Å². The summed E-state index contributed by atoms with van der Waals surface area (Å²) in [6, 6.07) is 20.9. The topological polar surface area (TPSA) is 0 Å². The molecule has 0 heterocycles. The third-order valence-electron chi connectivity index (χ3n) is 2.48. The molecule has 112 valence electrons. The molecule has 0 bridgehead atoms. The van der Waals surface area contributed by atoms with Gasteiger partial charge in [-0.2, -0.15) is 0 Å². The molecule has 0 aromatic heterocycles. The van der Waals surface area contributed by atoms with Crippen LogP contribution in [-0.4, -0.2) is 13.0 Å². The van der Waals surface area contributed by atoms with Gasteiger partial charge in [-0.15, -0.1) is 0 Å². The van der Waals surface area contributed by atoms with Crippen molar-refractivity contribution in [1.82, 2.24) is 0 Å². The first kappa shape index (κ1) is 17.4. The Balaban J connectivity index is 0.000000383. The van der Waals surface area contributed by atoms with E-state index in [1.165, 1.54) is 16.7 Å². The van der Waals surface area contributed by atoms with Gasteiger partial charge in [-0.25, -0.2) is 0 Å². The Morgan fingerprint density at radius 3 is 1.43 bits per heavy atom. The van der Waals surface area contributed by atoms with Gasteiger partial charge in [-0.1, -0.05) is 60.7 Å². The SMILES string of the molecule is F[B-](F)(F)F.[SH2+]CC=C(c1ccccc1)c1ccccc1. The molecule has 0 aliphatic heterocycles. The fourth-order valence-electron chi connectivity index (χ4n) is 1.74. The van der Waals surface area contributed by atoms with E-state index in [4.69, 9.17) is 0 Å². The predicted molar refractivity (Wildman–Crippen MR) is 85.2 cm³/mol. The molecule has 2 aromatic rings. The minimum atomic E-state index is -6.00. The van der Waals surface area contributed by atoms with Gasteiger partial charge in [-0.05, 0) is 35.4 Å². The van der Waals surface area contributed by atoms with Crippen LogP contribution in [0.5, 0.6) is 0 Å². The molecule has 0 nitrogen and oxygen atoms in total. The smallest absolute Gasteiger partial charge is 0.418 e. The van der Waals surface area contributed by atoms with Gasteiger partial charge >= 0.3 is 7.25 Å². The van der Waals surface area contributed by atoms with Crippen LogP contribution in [0.15, 0.2) is 66.7 Å². The number of benzene rings is 2. The molecule has 2 rings (SSSR count). The Bertz CT molecular complexity index is 505. The maximum atomic E-state index is 9.75. The largest absolute Gasteiger partial charge is 0.673 e. The maximum Gasteiger partial charge on any atom is 0.673 e. The zero-order chi connectivity index (χ0) is 15.7. The van der Waals surface area contributed by atoms with Crippen molar-refractivity contribution < 1.29 is 17.3 Å². The van der Waals surface area contributed by atoms with Gasteiger partial charge in [0.2, 0.25) is 0 Å². The van der Waals surface area contributed by atoms with Gasteiger partial charge in [0.1, 0.15) is 5.75 Å². The van der Waals surface area contributed by atoms with E-state index in [-0.39, 0.29) is 0 Å². The second-order valence-corrected chi connectivity index (χ2v) is 4.46. The lowest BCUT2D eigenvalue weighted by atomic mass is 9.98. The summed E-state index contributed by atoms with van der Waals surface area (Å²) >= 11 is 3.52. The van der Waals surface area contributed by atoms with E-state index < -0.39 is 7.25 Å². The fourth-order valence-corrected chi connectivity index (χ4v) is 1.94. The Labute approximate surface area is 127 Å². The molecule has 6 heteroatoms. The molecule has 0 atom stereocenters. The van der Waals surface area contributed by atoms with Crippen molar-refractivity contribution in [1.29, 1.82) is 0 Å². The van der Waals surface area contributed by atoms with E-state index >= 15 is 0 Å². The molecule has 0 aliphatic carbocycles. The minimum Gasteiger partial charge on any atom is -0.418 e. The van der Waals surface area contributed by atoms with Crippen LogP contribution in [0.2, 0.25) is 0 Å². The van der Waals surface area contributed by atoms with Crippen LogP contribution >= 0.6 is 0 Å². The van der Waals surface area contributed by atoms with Crippen molar-refractivity contribution in [3.05, 3.63) is 77.9 Å². The second-order valence-electron chi connectivity index (χ2n) is 4.05. The summed E-state index contributed by atoms with van der Waals surface area (Å²) in [7, 11) is -6.00. The van der Waals surface area contributed by atoms with Gasteiger partial charge in [0.25, 0.3) is 0 Å². The zero-order valence-corrected chi connectivity index (χ0v) is 12.1. The van der Waals surface area contributed by atoms with Crippen molar-refractivity contribution >= 4 is 25.5 Å². The number of hydrogen-bond donors (Lipinski definition) is 0. The van der Waals surface area contributed by atoms with Gasteiger partial charge in [0, 0.05) is 0 Å². The van der Waals surface area contributed by atoms with Crippen molar-refractivity contribution in [2.75, 3.05) is 5.75 Å². The molecular formula is C15H15BF4S. The van der Waals surface area contributed by atoms with Crippen LogP contribution in [0.3, 0.4) is 0 Å². The highest BCUT2D eigenvalue weighted by Crippen LogP contribution is 2.22. The van der Waals surface area contributed by atoms with E-state index in [0.717, 1.165) is 5.75 Å². The van der Waals surface area contributed by atoms with Crippen molar-refractivity contribution in [3.8, 4) is 0 Å². The van der Waals surface area contributed by atoms with Crippen LogP contribution in [0.4, 0.5) is 17.3 Å². The number of hydrogen-bond acceptors (Lipinski definition) is 0. The normalized spacial score (nSPS) is 10.3. The summed E-state index contributed by atoms with van der Waals surface area (Å²) in [5.74, 6) is 0.860. The highest BCUT2D eigenvalue weighted by Gasteiger charge is 2.20. The van der Waals surface area contributed by atoms with Crippen LogP contribution < -0.4 is 0 Å². The van der Waals surface area contributed by atoms with Crippen LogP contribution in [0, 0.1) is 0 Å². The summed E-state index contributed by atoms with van der Waals surface area (Å²) in [4.78, 5) is 0. The van der Waals surface area contributed by atoms with E-state index in [0.29, 0.717) is 0 Å². The first-order chi connectivity index (χ1) is 9.92. The first-order valence-corrected chi connectivity index (χ1v) is 6.95. The monoisotopic (exact) mass is 314 g/mol. The lowest BCUT2D eigenvalue weighted by molar-refractivity contribution is 0.368. The summed E-state index contributed by atoms with van der Waals surface area (Å²) in [6.07, 6.45) is 2.20. The highest BCUT2D eigenvalue weighted by atomic mass is 32.1. The average molecular weight is 314 g/mol. The molecule has 0 aliphatic rings. The summed E-state index contributed by atoms with van der Waals surface area (Å²) in [5.41, 5.74) is 3.79.